The molecule has 0 unspecified atom stereocenters. The molecule has 1 fully saturated rings. The van der Waals surface area contributed by atoms with E-state index in [2.05, 4.69) is 4.98 Å². The normalized spacial score (nSPS) is 13.5. The summed E-state index contributed by atoms with van der Waals surface area (Å²) in [6.45, 7) is 17.0. The summed E-state index contributed by atoms with van der Waals surface area (Å²) >= 11 is 1.64. The number of fused-ring (bicyclic) bond motifs is 1. The highest BCUT2D eigenvalue weighted by molar-refractivity contribution is 7.13. The number of carbonyl (C=O) groups is 2. The topological polar surface area (TPSA) is 87.6 Å². The zero-order chi connectivity index (χ0) is 29.9. The van der Waals surface area contributed by atoms with E-state index in [9.17, 15) is 9.59 Å². The van der Waals surface area contributed by atoms with Crippen molar-refractivity contribution in [2.24, 2.45) is 11.8 Å². The highest BCUT2D eigenvalue weighted by Crippen LogP contribution is 2.32. The molecule has 4 rings (SSSR count). The first-order valence-corrected chi connectivity index (χ1v) is 15.1. The zero-order valence-corrected chi connectivity index (χ0v) is 26.3. The summed E-state index contributed by atoms with van der Waals surface area (Å²) < 4.78 is 16.1. The second kappa shape index (κ2) is 15.7. The van der Waals surface area contributed by atoms with Crippen LogP contribution in [-0.4, -0.2) is 39.7 Å². The van der Waals surface area contributed by atoms with Crippen LogP contribution >= 0.6 is 11.3 Å². The van der Waals surface area contributed by atoms with Gasteiger partial charge in [0.25, 0.3) is 0 Å². The molecule has 0 spiro atoms. The summed E-state index contributed by atoms with van der Waals surface area (Å²) in [5.74, 6) is 0.426. The fourth-order valence-corrected chi connectivity index (χ4v) is 4.29. The second-order valence-electron chi connectivity index (χ2n) is 11.7. The van der Waals surface area contributed by atoms with Gasteiger partial charge in [0.15, 0.2) is 0 Å². The first kappa shape index (κ1) is 33.2. The number of carbonyl (C=O) groups excluding carboxylic acids is 2. The maximum atomic E-state index is 11.1. The van der Waals surface area contributed by atoms with Crippen LogP contribution in [0.15, 0.2) is 41.8 Å². The first-order chi connectivity index (χ1) is 18.8. The Morgan fingerprint density at radius 3 is 1.88 bits per heavy atom. The summed E-state index contributed by atoms with van der Waals surface area (Å²) in [6.07, 6.45) is 4.88. The van der Waals surface area contributed by atoms with Gasteiger partial charge in [0.1, 0.15) is 17.4 Å². The molecule has 0 radical (unpaired) electrons. The Bertz CT molecular complexity index is 1190. The molecule has 3 aromatic rings. The van der Waals surface area contributed by atoms with E-state index < -0.39 is 0 Å². The van der Waals surface area contributed by atoms with Crippen molar-refractivity contribution in [2.75, 3.05) is 0 Å². The number of aromatic nitrogens is 2. The van der Waals surface area contributed by atoms with E-state index in [0.29, 0.717) is 5.88 Å². The molecule has 0 atom stereocenters. The highest BCUT2D eigenvalue weighted by Gasteiger charge is 2.20. The number of para-hydroxylation sites is 2. The molecule has 0 aliphatic heterocycles. The minimum atomic E-state index is -0.346. The molecule has 0 amide bonds. The molecule has 8 heteroatoms. The number of thiophene rings is 1. The molecule has 40 heavy (non-hydrogen) atoms. The number of ether oxygens (including phenoxy) is 3. The fraction of sp³-hybridized carbons (Fsp3) is 0.562. The van der Waals surface area contributed by atoms with E-state index in [1.165, 1.54) is 12.8 Å². The lowest BCUT2D eigenvalue weighted by atomic mass is 10.1. The standard InChI is InChI=1S/C15H14N2OS.C9H16O2.C8H16O2/c1-10(2)18-15-14(13-8-5-9-19-13)16-11-6-3-4-7-12(11)17-15;1-7(2)9(10)11-8-5-3-4-6-8;1-6(2)7(9)10-8(3,4)5/h3-10H,1-2H3;7-8H,3-6H2,1-2H3;6H,1-5H3. The maximum Gasteiger partial charge on any atom is 0.308 e. The zero-order valence-electron chi connectivity index (χ0n) is 25.5. The van der Waals surface area contributed by atoms with Crippen molar-refractivity contribution in [3.05, 3.63) is 41.8 Å². The minimum absolute atomic E-state index is 0.0237. The molecule has 0 saturated heterocycles. The van der Waals surface area contributed by atoms with Gasteiger partial charge in [-0.05, 0) is 83.9 Å². The van der Waals surface area contributed by atoms with Gasteiger partial charge >= 0.3 is 11.9 Å². The lowest BCUT2D eigenvalue weighted by Crippen LogP contribution is -2.26. The third-order valence-corrected chi connectivity index (χ3v) is 6.45. The van der Waals surface area contributed by atoms with Crippen LogP contribution in [0.4, 0.5) is 0 Å². The van der Waals surface area contributed by atoms with Crippen molar-refractivity contribution < 1.29 is 23.8 Å². The monoisotopic (exact) mass is 570 g/mol. The van der Waals surface area contributed by atoms with Crippen LogP contribution in [0.5, 0.6) is 5.88 Å². The quantitative estimate of drug-likeness (QED) is 0.276. The molecule has 1 aliphatic rings. The summed E-state index contributed by atoms with van der Waals surface area (Å²) in [4.78, 5) is 32.4. The van der Waals surface area contributed by atoms with Crippen molar-refractivity contribution in [3.8, 4) is 16.5 Å². The van der Waals surface area contributed by atoms with Crippen LogP contribution < -0.4 is 4.74 Å². The lowest BCUT2D eigenvalue weighted by molar-refractivity contribution is -0.158. The Balaban J connectivity index is 0.000000230. The Morgan fingerprint density at radius 1 is 0.850 bits per heavy atom. The Kier molecular flexibility index (Phi) is 13.0. The van der Waals surface area contributed by atoms with Gasteiger partial charge in [-0.2, -0.15) is 0 Å². The molecule has 0 N–H and O–H groups in total. The molecule has 220 valence electrons. The molecule has 0 bridgehead atoms. The van der Waals surface area contributed by atoms with Gasteiger partial charge in [0.05, 0.1) is 33.9 Å². The number of nitrogens with zero attached hydrogens (tertiary/aromatic N) is 2. The molecule has 2 heterocycles. The van der Waals surface area contributed by atoms with E-state index in [1.54, 1.807) is 11.3 Å². The minimum Gasteiger partial charge on any atom is -0.473 e. The van der Waals surface area contributed by atoms with Crippen LogP contribution in [0, 0.1) is 11.8 Å². The van der Waals surface area contributed by atoms with Gasteiger partial charge in [-0.15, -0.1) is 11.3 Å². The van der Waals surface area contributed by atoms with Gasteiger partial charge in [-0.3, -0.25) is 9.59 Å². The number of rotatable bonds is 6. The third-order valence-electron chi connectivity index (χ3n) is 5.58. The molecule has 1 aliphatic carbocycles. The van der Waals surface area contributed by atoms with Crippen LogP contribution in [0.25, 0.3) is 21.6 Å². The van der Waals surface area contributed by atoms with Crippen molar-refractivity contribution in [2.45, 2.75) is 106 Å². The predicted molar refractivity (Wildman–Crippen MR) is 162 cm³/mol. The first-order valence-electron chi connectivity index (χ1n) is 14.2. The summed E-state index contributed by atoms with van der Waals surface area (Å²) in [5.41, 5.74) is 2.23. The summed E-state index contributed by atoms with van der Waals surface area (Å²) in [7, 11) is 0. The van der Waals surface area contributed by atoms with E-state index in [0.717, 1.165) is 34.4 Å². The molecular weight excluding hydrogens is 524 g/mol. The number of benzene rings is 1. The van der Waals surface area contributed by atoms with E-state index in [1.807, 2.05) is 104 Å². The Labute approximate surface area is 243 Å². The van der Waals surface area contributed by atoms with E-state index in [-0.39, 0.29) is 41.6 Å². The number of hydrogen-bond acceptors (Lipinski definition) is 8. The van der Waals surface area contributed by atoms with Crippen molar-refractivity contribution in [1.82, 2.24) is 9.97 Å². The molecule has 1 saturated carbocycles. The Morgan fingerprint density at radius 2 is 1.43 bits per heavy atom. The average Bonchev–Trinajstić information content (AvgIpc) is 3.58. The van der Waals surface area contributed by atoms with Crippen molar-refractivity contribution >= 4 is 34.3 Å². The SMILES string of the molecule is CC(C)C(=O)OC(C)(C)C.CC(C)C(=O)OC1CCCC1.CC(C)Oc1nc2ccccc2nc1-c1cccs1. The van der Waals surface area contributed by atoms with Gasteiger partial charge in [0, 0.05) is 0 Å². The van der Waals surface area contributed by atoms with E-state index in [4.69, 9.17) is 19.2 Å². The van der Waals surface area contributed by atoms with Gasteiger partial charge in [-0.25, -0.2) is 9.97 Å². The molecule has 2 aromatic heterocycles. The average molecular weight is 571 g/mol. The number of hydrogen-bond donors (Lipinski definition) is 0. The highest BCUT2D eigenvalue weighted by atomic mass is 32.1. The van der Waals surface area contributed by atoms with Gasteiger partial charge in [0.2, 0.25) is 5.88 Å². The van der Waals surface area contributed by atoms with Crippen LogP contribution in [-0.2, 0) is 19.1 Å². The van der Waals surface area contributed by atoms with Crippen molar-refractivity contribution in [3.63, 3.8) is 0 Å². The number of esters is 2. The van der Waals surface area contributed by atoms with E-state index >= 15 is 0 Å². The second-order valence-corrected chi connectivity index (χ2v) is 12.6. The fourth-order valence-electron chi connectivity index (χ4n) is 3.59. The van der Waals surface area contributed by atoms with Gasteiger partial charge < -0.3 is 14.2 Å². The van der Waals surface area contributed by atoms with Crippen LogP contribution in [0.1, 0.15) is 88.0 Å². The Hall–Kier alpha value is -3.00. The predicted octanol–water partition coefficient (Wildman–Crippen LogP) is 8.26. The smallest absolute Gasteiger partial charge is 0.308 e. The molecular formula is C32H46N2O5S. The van der Waals surface area contributed by atoms with Crippen LogP contribution in [0.2, 0.25) is 0 Å². The van der Waals surface area contributed by atoms with Crippen LogP contribution in [0.3, 0.4) is 0 Å². The molecule has 1 aromatic carbocycles. The maximum absolute atomic E-state index is 11.1. The third kappa shape index (κ3) is 11.6. The summed E-state index contributed by atoms with van der Waals surface area (Å²) in [5, 5.41) is 2.03. The largest absolute Gasteiger partial charge is 0.473 e. The summed E-state index contributed by atoms with van der Waals surface area (Å²) in [6, 6.07) is 11.9. The lowest BCUT2D eigenvalue weighted by Gasteiger charge is -2.20. The van der Waals surface area contributed by atoms with Crippen molar-refractivity contribution in [1.29, 1.82) is 0 Å². The molecule has 7 nitrogen and oxygen atoms in total. The van der Waals surface area contributed by atoms with Gasteiger partial charge in [-0.1, -0.05) is 45.9 Å².